The molecule has 0 spiro atoms. The Kier molecular flexibility index (Phi) is 5.58. The zero-order valence-corrected chi connectivity index (χ0v) is 14.2. The Morgan fingerprint density at radius 2 is 1.84 bits per heavy atom. The summed E-state index contributed by atoms with van der Waals surface area (Å²) < 4.78 is 62.9. The lowest BCUT2D eigenvalue weighted by atomic mass is 10.2. The van der Waals surface area contributed by atoms with E-state index in [1.54, 1.807) is 11.6 Å². The van der Waals surface area contributed by atoms with Crippen LogP contribution in [0.15, 0.2) is 41.3 Å². The van der Waals surface area contributed by atoms with Crippen LogP contribution in [0.25, 0.3) is 0 Å². The van der Waals surface area contributed by atoms with E-state index < -0.39 is 32.5 Å². The number of sulfonamides is 1. The van der Waals surface area contributed by atoms with Gasteiger partial charge in [0, 0.05) is 11.6 Å². The molecular formula is C16H15F2NO5S. The van der Waals surface area contributed by atoms with Gasteiger partial charge in [0.2, 0.25) is 0 Å². The highest BCUT2D eigenvalue weighted by Crippen LogP contribution is 2.28. The summed E-state index contributed by atoms with van der Waals surface area (Å²) in [6.45, 7) is 2.14. The molecule has 0 radical (unpaired) electrons. The molecule has 0 aliphatic rings. The minimum atomic E-state index is -4.51. The third-order valence-corrected chi connectivity index (χ3v) is 4.50. The van der Waals surface area contributed by atoms with E-state index >= 15 is 0 Å². The maximum Gasteiger partial charge on any atom is 0.267 e. The number of hydrogen-bond donors (Lipinski definition) is 1. The maximum absolute atomic E-state index is 13.6. The molecule has 134 valence electrons. The summed E-state index contributed by atoms with van der Waals surface area (Å²) in [5, 5.41) is 0. The quantitative estimate of drug-likeness (QED) is 0.844. The van der Waals surface area contributed by atoms with E-state index in [4.69, 9.17) is 9.47 Å². The van der Waals surface area contributed by atoms with Gasteiger partial charge in [0.05, 0.1) is 13.7 Å². The molecule has 0 unspecified atom stereocenters. The first-order valence-corrected chi connectivity index (χ1v) is 8.60. The summed E-state index contributed by atoms with van der Waals surface area (Å²) in [7, 11) is -3.14. The molecule has 0 atom stereocenters. The van der Waals surface area contributed by atoms with Gasteiger partial charge < -0.3 is 9.47 Å². The molecule has 2 aromatic rings. The van der Waals surface area contributed by atoms with Crippen LogP contribution in [0.2, 0.25) is 0 Å². The van der Waals surface area contributed by atoms with Crippen molar-refractivity contribution < 1.29 is 31.5 Å². The number of methoxy groups -OCH3 is 1. The van der Waals surface area contributed by atoms with Crippen LogP contribution in [-0.2, 0) is 10.0 Å². The third-order valence-electron chi connectivity index (χ3n) is 3.14. The second kappa shape index (κ2) is 7.47. The van der Waals surface area contributed by atoms with E-state index in [-0.39, 0.29) is 11.3 Å². The Hall–Kier alpha value is -2.68. The van der Waals surface area contributed by atoms with Gasteiger partial charge in [0.15, 0.2) is 11.5 Å². The van der Waals surface area contributed by atoms with Crippen molar-refractivity contribution in [2.45, 2.75) is 11.8 Å². The molecule has 9 heteroatoms. The Morgan fingerprint density at radius 3 is 2.44 bits per heavy atom. The van der Waals surface area contributed by atoms with Gasteiger partial charge in [0.1, 0.15) is 16.5 Å². The van der Waals surface area contributed by atoms with Gasteiger partial charge in [-0.1, -0.05) is 0 Å². The lowest BCUT2D eigenvalue weighted by Crippen LogP contribution is -2.31. The number of ether oxygens (including phenoxy) is 2. The van der Waals surface area contributed by atoms with Crippen molar-refractivity contribution >= 4 is 15.9 Å². The van der Waals surface area contributed by atoms with Crippen molar-refractivity contribution in [2.24, 2.45) is 0 Å². The molecule has 0 saturated carbocycles. The fraction of sp³-hybridized carbons (Fsp3) is 0.188. The van der Waals surface area contributed by atoms with E-state index in [9.17, 15) is 22.0 Å². The molecular weight excluding hydrogens is 356 g/mol. The summed E-state index contributed by atoms with van der Waals surface area (Å²) in [5.74, 6) is -2.61. The van der Waals surface area contributed by atoms with Crippen molar-refractivity contribution in [1.29, 1.82) is 0 Å². The number of rotatable bonds is 6. The van der Waals surface area contributed by atoms with Crippen LogP contribution in [0.1, 0.15) is 17.3 Å². The smallest absolute Gasteiger partial charge is 0.267 e. The van der Waals surface area contributed by atoms with E-state index in [1.807, 2.05) is 0 Å². The molecule has 6 nitrogen and oxygen atoms in total. The average molecular weight is 371 g/mol. The zero-order chi connectivity index (χ0) is 18.6. The Morgan fingerprint density at radius 1 is 1.12 bits per heavy atom. The average Bonchev–Trinajstić information content (AvgIpc) is 2.54. The minimum absolute atomic E-state index is 0.0357. The largest absolute Gasteiger partial charge is 0.493 e. The van der Waals surface area contributed by atoms with Gasteiger partial charge in [-0.2, -0.15) is 0 Å². The first-order chi connectivity index (χ1) is 11.8. The van der Waals surface area contributed by atoms with Crippen LogP contribution < -0.4 is 14.2 Å². The van der Waals surface area contributed by atoms with Crippen molar-refractivity contribution in [2.75, 3.05) is 13.7 Å². The summed E-state index contributed by atoms with van der Waals surface area (Å²) in [6, 6.07) is 6.00. The Balaban J connectivity index is 2.29. The highest BCUT2D eigenvalue weighted by molar-refractivity contribution is 7.90. The fourth-order valence-corrected chi connectivity index (χ4v) is 3.05. The van der Waals surface area contributed by atoms with Gasteiger partial charge >= 0.3 is 0 Å². The molecule has 0 heterocycles. The zero-order valence-electron chi connectivity index (χ0n) is 13.4. The van der Waals surface area contributed by atoms with E-state index in [2.05, 4.69) is 0 Å². The van der Waals surface area contributed by atoms with Crippen molar-refractivity contribution in [1.82, 2.24) is 4.72 Å². The molecule has 25 heavy (non-hydrogen) atoms. The van der Waals surface area contributed by atoms with Crippen molar-refractivity contribution in [3.05, 3.63) is 53.6 Å². The molecule has 0 bridgehead atoms. The predicted molar refractivity (Wildman–Crippen MR) is 85.2 cm³/mol. The van der Waals surface area contributed by atoms with Crippen LogP contribution in [0.4, 0.5) is 8.78 Å². The number of hydrogen-bond acceptors (Lipinski definition) is 5. The van der Waals surface area contributed by atoms with Gasteiger partial charge in [-0.25, -0.2) is 21.9 Å². The minimum Gasteiger partial charge on any atom is -0.493 e. The fourth-order valence-electron chi connectivity index (χ4n) is 2.01. The van der Waals surface area contributed by atoms with Crippen LogP contribution in [0, 0.1) is 11.6 Å². The molecule has 2 rings (SSSR count). The SMILES string of the molecule is CCOc1ccc(C(=O)NS(=O)(=O)c2ccc(F)cc2F)cc1OC. The molecule has 0 aromatic heterocycles. The second-order valence-corrected chi connectivity index (χ2v) is 6.46. The number of carbonyl (C=O) groups excluding carboxylic acids is 1. The Bertz CT molecular complexity index is 899. The topological polar surface area (TPSA) is 81.7 Å². The predicted octanol–water partition coefficient (Wildman–Crippen LogP) is 2.49. The first kappa shape index (κ1) is 18.7. The van der Waals surface area contributed by atoms with E-state index in [0.717, 1.165) is 12.1 Å². The van der Waals surface area contributed by atoms with Crippen LogP contribution >= 0.6 is 0 Å². The van der Waals surface area contributed by atoms with E-state index in [1.165, 1.54) is 25.3 Å². The van der Waals surface area contributed by atoms with Gasteiger partial charge in [-0.05, 0) is 37.3 Å². The molecule has 2 aromatic carbocycles. The first-order valence-electron chi connectivity index (χ1n) is 7.11. The summed E-state index contributed by atoms with van der Waals surface area (Å²) >= 11 is 0. The van der Waals surface area contributed by atoms with Crippen molar-refractivity contribution in [3.8, 4) is 11.5 Å². The standard InChI is InChI=1S/C16H15F2NO5S/c1-3-24-13-6-4-10(8-14(13)23-2)16(20)19-25(21,22)15-7-5-11(17)9-12(15)18/h4-9H,3H2,1-2H3,(H,19,20). The van der Waals surface area contributed by atoms with Gasteiger partial charge in [-0.15, -0.1) is 0 Å². The van der Waals surface area contributed by atoms with E-state index in [0.29, 0.717) is 18.4 Å². The lowest BCUT2D eigenvalue weighted by Gasteiger charge is -2.11. The summed E-state index contributed by atoms with van der Waals surface area (Å²) in [5.41, 5.74) is -0.0357. The van der Waals surface area contributed by atoms with Crippen LogP contribution in [-0.4, -0.2) is 28.0 Å². The van der Waals surface area contributed by atoms with Gasteiger partial charge in [-0.3, -0.25) is 4.79 Å². The Labute approximate surface area is 143 Å². The molecule has 0 aliphatic carbocycles. The monoisotopic (exact) mass is 371 g/mol. The van der Waals surface area contributed by atoms with Gasteiger partial charge in [0.25, 0.3) is 15.9 Å². The number of benzene rings is 2. The molecule has 0 saturated heterocycles. The number of nitrogens with one attached hydrogen (secondary N) is 1. The van der Waals surface area contributed by atoms with Crippen LogP contribution in [0.3, 0.4) is 0 Å². The summed E-state index contributed by atoms with van der Waals surface area (Å²) in [6.07, 6.45) is 0. The maximum atomic E-state index is 13.6. The third kappa shape index (κ3) is 4.24. The van der Waals surface area contributed by atoms with Crippen molar-refractivity contribution in [3.63, 3.8) is 0 Å². The number of amides is 1. The molecule has 1 amide bonds. The molecule has 1 N–H and O–H groups in total. The number of carbonyl (C=O) groups is 1. The highest BCUT2D eigenvalue weighted by Gasteiger charge is 2.23. The lowest BCUT2D eigenvalue weighted by molar-refractivity contribution is 0.0981. The second-order valence-electron chi connectivity index (χ2n) is 4.81. The molecule has 0 aliphatic heterocycles. The highest BCUT2D eigenvalue weighted by atomic mass is 32.2. The van der Waals surface area contributed by atoms with Crippen LogP contribution in [0.5, 0.6) is 11.5 Å². The summed E-state index contributed by atoms with van der Waals surface area (Å²) in [4.78, 5) is 11.3. The number of halogens is 2. The molecule has 0 fully saturated rings. The normalized spacial score (nSPS) is 11.0.